The molecular formula is C22H22N2O3S. The molecule has 0 aliphatic heterocycles. The topological polar surface area (TPSA) is 75.3 Å². The van der Waals surface area contributed by atoms with Gasteiger partial charge in [0, 0.05) is 6.54 Å². The smallest absolute Gasteiger partial charge is 0.241 e. The van der Waals surface area contributed by atoms with E-state index in [1.54, 1.807) is 18.2 Å². The molecule has 6 heteroatoms. The zero-order valence-electron chi connectivity index (χ0n) is 15.3. The molecular weight excluding hydrogens is 372 g/mol. The average molecular weight is 394 g/mol. The highest BCUT2D eigenvalue weighted by Gasteiger charge is 2.25. The Kier molecular flexibility index (Phi) is 6.57. The fraction of sp³-hybridized carbons (Fsp3) is 0.136. The van der Waals surface area contributed by atoms with Crippen molar-refractivity contribution >= 4 is 15.9 Å². The minimum atomic E-state index is -3.82. The van der Waals surface area contributed by atoms with Crippen LogP contribution in [-0.2, 0) is 27.8 Å². The van der Waals surface area contributed by atoms with Crippen LogP contribution in [0.4, 0.5) is 0 Å². The number of benzene rings is 3. The van der Waals surface area contributed by atoms with Crippen molar-refractivity contribution in [3.63, 3.8) is 0 Å². The first kappa shape index (κ1) is 19.8. The fourth-order valence-corrected chi connectivity index (χ4v) is 4.02. The summed E-state index contributed by atoms with van der Waals surface area (Å²) in [6.45, 7) is 0.331. The van der Waals surface area contributed by atoms with Gasteiger partial charge in [0.15, 0.2) is 0 Å². The Labute approximate surface area is 165 Å². The van der Waals surface area contributed by atoms with Crippen molar-refractivity contribution in [3.05, 3.63) is 102 Å². The number of carbonyl (C=O) groups is 1. The molecule has 0 saturated heterocycles. The number of carbonyl (C=O) groups excluding carboxylic acids is 1. The summed E-state index contributed by atoms with van der Waals surface area (Å²) < 4.78 is 28.0. The van der Waals surface area contributed by atoms with Gasteiger partial charge in [-0.25, -0.2) is 8.42 Å². The summed E-state index contributed by atoms with van der Waals surface area (Å²) in [4.78, 5) is 12.9. The van der Waals surface area contributed by atoms with Crippen molar-refractivity contribution in [2.75, 3.05) is 0 Å². The first-order chi connectivity index (χ1) is 13.5. The standard InChI is InChI=1S/C22H22N2O3S/c25-22(23-17-19-12-6-2-7-13-19)21(16-18-10-4-1-5-11-18)24-28(26,27)20-14-8-3-9-15-20/h1-15,21,24H,16-17H2,(H,23,25). The van der Waals surface area contributed by atoms with E-state index in [1.165, 1.54) is 12.1 Å². The lowest BCUT2D eigenvalue weighted by molar-refractivity contribution is -0.122. The van der Waals surface area contributed by atoms with E-state index < -0.39 is 16.1 Å². The molecule has 3 rings (SSSR count). The van der Waals surface area contributed by atoms with Crippen LogP contribution in [0, 0.1) is 0 Å². The molecule has 5 nitrogen and oxygen atoms in total. The third-order valence-corrected chi connectivity index (χ3v) is 5.75. The predicted octanol–water partition coefficient (Wildman–Crippen LogP) is 2.89. The van der Waals surface area contributed by atoms with Gasteiger partial charge in [0.05, 0.1) is 4.90 Å². The number of nitrogens with one attached hydrogen (secondary N) is 2. The van der Waals surface area contributed by atoms with E-state index in [9.17, 15) is 13.2 Å². The van der Waals surface area contributed by atoms with E-state index >= 15 is 0 Å². The summed E-state index contributed by atoms with van der Waals surface area (Å²) >= 11 is 0. The Morgan fingerprint density at radius 1 is 0.750 bits per heavy atom. The number of rotatable bonds is 8. The Morgan fingerprint density at radius 2 is 1.25 bits per heavy atom. The van der Waals surface area contributed by atoms with Crippen molar-refractivity contribution in [3.8, 4) is 0 Å². The molecule has 3 aromatic carbocycles. The first-order valence-corrected chi connectivity index (χ1v) is 10.5. The van der Waals surface area contributed by atoms with Crippen LogP contribution in [-0.4, -0.2) is 20.4 Å². The maximum absolute atomic E-state index is 12.8. The van der Waals surface area contributed by atoms with Crippen molar-refractivity contribution in [2.24, 2.45) is 0 Å². The van der Waals surface area contributed by atoms with Crippen LogP contribution in [0.15, 0.2) is 95.9 Å². The highest BCUT2D eigenvalue weighted by molar-refractivity contribution is 7.89. The minimum absolute atomic E-state index is 0.129. The third kappa shape index (κ3) is 5.52. The van der Waals surface area contributed by atoms with Crippen LogP contribution in [0.2, 0.25) is 0 Å². The Bertz CT molecular complexity index is 992. The van der Waals surface area contributed by atoms with Gasteiger partial charge in [-0.3, -0.25) is 4.79 Å². The highest BCUT2D eigenvalue weighted by atomic mass is 32.2. The molecule has 28 heavy (non-hydrogen) atoms. The van der Waals surface area contributed by atoms with Crippen LogP contribution in [0.5, 0.6) is 0 Å². The van der Waals surface area contributed by atoms with Gasteiger partial charge in [-0.05, 0) is 29.7 Å². The van der Waals surface area contributed by atoms with E-state index in [0.29, 0.717) is 6.54 Å². The van der Waals surface area contributed by atoms with E-state index in [2.05, 4.69) is 10.0 Å². The van der Waals surface area contributed by atoms with Crippen LogP contribution in [0.3, 0.4) is 0 Å². The zero-order chi connectivity index (χ0) is 19.8. The molecule has 1 atom stereocenters. The van der Waals surface area contributed by atoms with Crippen LogP contribution >= 0.6 is 0 Å². The summed E-state index contributed by atoms with van der Waals surface area (Å²) in [6.07, 6.45) is 0.257. The second-order valence-electron chi connectivity index (χ2n) is 6.38. The molecule has 0 spiro atoms. The fourth-order valence-electron chi connectivity index (χ4n) is 2.80. The maximum Gasteiger partial charge on any atom is 0.241 e. The summed E-state index contributed by atoms with van der Waals surface area (Å²) in [7, 11) is -3.82. The predicted molar refractivity (Wildman–Crippen MR) is 109 cm³/mol. The Balaban J connectivity index is 1.77. The molecule has 0 aliphatic carbocycles. The normalized spacial score (nSPS) is 12.3. The second-order valence-corrected chi connectivity index (χ2v) is 8.09. The average Bonchev–Trinajstić information content (AvgIpc) is 2.73. The van der Waals surface area contributed by atoms with Gasteiger partial charge in [-0.1, -0.05) is 78.9 Å². The molecule has 0 aliphatic rings. The number of hydrogen-bond donors (Lipinski definition) is 2. The Morgan fingerprint density at radius 3 is 1.82 bits per heavy atom. The Hall–Kier alpha value is -2.96. The third-order valence-electron chi connectivity index (χ3n) is 4.26. The minimum Gasteiger partial charge on any atom is -0.351 e. The molecule has 3 aromatic rings. The monoisotopic (exact) mass is 394 g/mol. The molecule has 144 valence electrons. The van der Waals surface area contributed by atoms with Crippen LogP contribution < -0.4 is 10.0 Å². The van der Waals surface area contributed by atoms with Gasteiger partial charge < -0.3 is 5.32 Å². The lowest BCUT2D eigenvalue weighted by atomic mass is 10.1. The highest BCUT2D eigenvalue weighted by Crippen LogP contribution is 2.11. The van der Waals surface area contributed by atoms with Crippen molar-refractivity contribution in [1.82, 2.24) is 10.0 Å². The van der Waals surface area contributed by atoms with Gasteiger partial charge in [0.25, 0.3) is 0 Å². The van der Waals surface area contributed by atoms with Gasteiger partial charge >= 0.3 is 0 Å². The van der Waals surface area contributed by atoms with Crippen molar-refractivity contribution in [1.29, 1.82) is 0 Å². The van der Waals surface area contributed by atoms with Crippen molar-refractivity contribution in [2.45, 2.75) is 23.9 Å². The van der Waals surface area contributed by atoms with E-state index in [0.717, 1.165) is 11.1 Å². The molecule has 0 bridgehead atoms. The lowest BCUT2D eigenvalue weighted by Gasteiger charge is -2.19. The van der Waals surface area contributed by atoms with E-state index in [-0.39, 0.29) is 17.2 Å². The van der Waals surface area contributed by atoms with Crippen LogP contribution in [0.25, 0.3) is 0 Å². The maximum atomic E-state index is 12.8. The number of sulfonamides is 1. The molecule has 0 fully saturated rings. The quantitative estimate of drug-likeness (QED) is 0.617. The molecule has 1 amide bonds. The molecule has 0 saturated carbocycles. The molecule has 0 radical (unpaired) electrons. The number of amides is 1. The van der Waals surface area contributed by atoms with E-state index in [1.807, 2.05) is 60.7 Å². The second kappa shape index (κ2) is 9.30. The first-order valence-electron chi connectivity index (χ1n) is 8.97. The van der Waals surface area contributed by atoms with Gasteiger partial charge in [-0.15, -0.1) is 0 Å². The van der Waals surface area contributed by atoms with Crippen molar-refractivity contribution < 1.29 is 13.2 Å². The molecule has 1 unspecified atom stereocenters. The summed E-state index contributed by atoms with van der Waals surface area (Å²) in [5, 5.41) is 2.83. The summed E-state index contributed by atoms with van der Waals surface area (Å²) in [5.74, 6) is -0.368. The SMILES string of the molecule is O=C(NCc1ccccc1)C(Cc1ccccc1)NS(=O)(=O)c1ccccc1. The zero-order valence-corrected chi connectivity index (χ0v) is 16.1. The largest absolute Gasteiger partial charge is 0.351 e. The lowest BCUT2D eigenvalue weighted by Crippen LogP contribution is -2.47. The van der Waals surface area contributed by atoms with Crippen LogP contribution in [0.1, 0.15) is 11.1 Å². The molecule has 2 N–H and O–H groups in total. The summed E-state index contributed by atoms with van der Waals surface area (Å²) in [5.41, 5.74) is 1.82. The van der Waals surface area contributed by atoms with Gasteiger partial charge in [-0.2, -0.15) is 4.72 Å². The molecule has 0 heterocycles. The van der Waals surface area contributed by atoms with Gasteiger partial charge in [0.2, 0.25) is 15.9 Å². The number of hydrogen-bond acceptors (Lipinski definition) is 3. The van der Waals surface area contributed by atoms with Gasteiger partial charge in [0.1, 0.15) is 6.04 Å². The van der Waals surface area contributed by atoms with E-state index in [4.69, 9.17) is 0 Å². The summed E-state index contributed by atoms with van der Waals surface area (Å²) in [6, 6.07) is 26.0. The molecule has 0 aromatic heterocycles.